The van der Waals surface area contributed by atoms with Gasteiger partial charge in [0.25, 0.3) is 17.7 Å². The van der Waals surface area contributed by atoms with Crippen LogP contribution in [0.25, 0.3) is 6.08 Å². The predicted molar refractivity (Wildman–Crippen MR) is 112 cm³/mol. The van der Waals surface area contributed by atoms with E-state index in [0.717, 1.165) is 0 Å². The van der Waals surface area contributed by atoms with Gasteiger partial charge in [-0.1, -0.05) is 30.3 Å². The molecule has 6 nitrogen and oxygen atoms in total. The lowest BCUT2D eigenvalue weighted by Gasteiger charge is -2.08. The topological polar surface area (TPSA) is 87.3 Å². The zero-order valence-corrected chi connectivity index (χ0v) is 15.8. The molecule has 0 unspecified atom stereocenters. The first-order chi connectivity index (χ1) is 14.5. The van der Waals surface area contributed by atoms with Crippen LogP contribution < -0.4 is 16.2 Å². The highest BCUT2D eigenvalue weighted by Crippen LogP contribution is 2.11. The van der Waals surface area contributed by atoms with Gasteiger partial charge in [-0.05, 0) is 60.2 Å². The lowest BCUT2D eigenvalue weighted by atomic mass is 10.1. The molecule has 30 heavy (non-hydrogen) atoms. The third-order valence-corrected chi connectivity index (χ3v) is 4.04. The number of hydrogen-bond acceptors (Lipinski definition) is 3. The fourth-order valence-electron chi connectivity index (χ4n) is 2.48. The van der Waals surface area contributed by atoms with Gasteiger partial charge in [-0.3, -0.25) is 25.2 Å². The molecule has 3 amide bonds. The summed E-state index contributed by atoms with van der Waals surface area (Å²) < 4.78 is 12.8. The normalized spacial score (nSPS) is 10.4. The van der Waals surface area contributed by atoms with E-state index in [0.29, 0.717) is 22.4 Å². The summed E-state index contributed by atoms with van der Waals surface area (Å²) in [6, 6.07) is 20.6. The molecular weight excluding hydrogens is 385 g/mol. The van der Waals surface area contributed by atoms with Gasteiger partial charge in [-0.15, -0.1) is 0 Å². The van der Waals surface area contributed by atoms with Gasteiger partial charge < -0.3 is 5.32 Å². The Bertz CT molecular complexity index is 1060. The molecule has 0 aliphatic carbocycles. The second kappa shape index (κ2) is 9.79. The summed E-state index contributed by atoms with van der Waals surface area (Å²) in [6.07, 6.45) is 2.71. The van der Waals surface area contributed by atoms with Gasteiger partial charge in [0.05, 0.1) is 0 Å². The lowest BCUT2D eigenvalue weighted by molar-refractivity contribution is -0.117. The Morgan fingerprint density at radius 1 is 0.700 bits per heavy atom. The van der Waals surface area contributed by atoms with Gasteiger partial charge in [0.1, 0.15) is 5.82 Å². The van der Waals surface area contributed by atoms with E-state index in [-0.39, 0.29) is 11.7 Å². The Labute approximate surface area is 172 Å². The number of hydrazine groups is 1. The first-order valence-corrected chi connectivity index (χ1v) is 9.02. The summed E-state index contributed by atoms with van der Waals surface area (Å²) in [5, 5.41) is 2.74. The van der Waals surface area contributed by atoms with Crippen LogP contribution in [-0.2, 0) is 4.79 Å². The third kappa shape index (κ3) is 5.87. The highest BCUT2D eigenvalue weighted by Gasteiger charge is 2.08. The van der Waals surface area contributed by atoms with Crippen molar-refractivity contribution in [1.82, 2.24) is 10.9 Å². The number of benzene rings is 3. The Morgan fingerprint density at radius 2 is 1.33 bits per heavy atom. The minimum atomic E-state index is -0.542. The molecule has 0 heterocycles. The average molecular weight is 403 g/mol. The van der Waals surface area contributed by atoms with Crippen molar-refractivity contribution in [2.45, 2.75) is 0 Å². The highest BCUT2D eigenvalue weighted by atomic mass is 19.1. The Hall–Kier alpha value is -4.26. The van der Waals surface area contributed by atoms with Crippen molar-refractivity contribution >= 4 is 29.5 Å². The van der Waals surface area contributed by atoms with E-state index in [1.807, 2.05) is 6.07 Å². The van der Waals surface area contributed by atoms with E-state index in [9.17, 15) is 18.8 Å². The maximum absolute atomic E-state index is 12.8. The van der Waals surface area contributed by atoms with Crippen molar-refractivity contribution < 1.29 is 18.8 Å². The van der Waals surface area contributed by atoms with Crippen molar-refractivity contribution in [3.63, 3.8) is 0 Å². The molecule has 3 N–H and O–H groups in total. The van der Waals surface area contributed by atoms with Gasteiger partial charge >= 0.3 is 0 Å². The molecule has 0 aromatic heterocycles. The summed E-state index contributed by atoms with van der Waals surface area (Å²) in [4.78, 5) is 36.1. The lowest BCUT2D eigenvalue weighted by Crippen LogP contribution is -2.40. The summed E-state index contributed by atoms with van der Waals surface area (Å²) >= 11 is 0. The van der Waals surface area contributed by atoms with Crippen molar-refractivity contribution in [3.05, 3.63) is 107 Å². The molecule has 0 bridgehead atoms. The Kier molecular flexibility index (Phi) is 6.68. The number of anilines is 1. The number of nitrogens with one attached hydrogen (secondary N) is 3. The first-order valence-electron chi connectivity index (χ1n) is 9.02. The minimum Gasteiger partial charge on any atom is -0.322 e. The zero-order valence-electron chi connectivity index (χ0n) is 15.8. The molecule has 0 saturated carbocycles. The average Bonchev–Trinajstić information content (AvgIpc) is 2.78. The van der Waals surface area contributed by atoms with Crippen molar-refractivity contribution in [3.8, 4) is 0 Å². The van der Waals surface area contributed by atoms with E-state index < -0.39 is 11.8 Å². The second-order valence-electron chi connectivity index (χ2n) is 6.23. The molecule has 0 fully saturated rings. The SMILES string of the molecule is O=C(/C=C/c1ccc(F)cc1)NNC(=O)c1ccc(NC(=O)c2ccccc2)cc1. The Morgan fingerprint density at radius 3 is 2.00 bits per heavy atom. The number of rotatable bonds is 5. The smallest absolute Gasteiger partial charge is 0.269 e. The van der Waals surface area contributed by atoms with Crippen LogP contribution in [0.1, 0.15) is 26.3 Å². The number of carbonyl (C=O) groups is 3. The van der Waals surface area contributed by atoms with E-state index in [4.69, 9.17) is 0 Å². The fraction of sp³-hybridized carbons (Fsp3) is 0. The van der Waals surface area contributed by atoms with E-state index >= 15 is 0 Å². The van der Waals surface area contributed by atoms with Gasteiger partial charge in [0, 0.05) is 22.9 Å². The number of halogens is 1. The number of hydrogen-bond donors (Lipinski definition) is 3. The van der Waals surface area contributed by atoms with Crippen LogP contribution in [0.3, 0.4) is 0 Å². The molecule has 0 spiro atoms. The van der Waals surface area contributed by atoms with Crippen LogP contribution in [0.4, 0.5) is 10.1 Å². The van der Waals surface area contributed by atoms with Crippen LogP contribution >= 0.6 is 0 Å². The number of carbonyl (C=O) groups excluding carboxylic acids is 3. The molecule has 3 aromatic rings. The summed E-state index contributed by atoms with van der Waals surface area (Å²) in [5.74, 6) is -1.68. The number of amides is 3. The van der Waals surface area contributed by atoms with Gasteiger partial charge in [-0.25, -0.2) is 4.39 Å². The highest BCUT2D eigenvalue weighted by molar-refractivity contribution is 6.04. The molecule has 3 aromatic carbocycles. The predicted octanol–water partition coefficient (Wildman–Crippen LogP) is 3.55. The monoisotopic (exact) mass is 403 g/mol. The van der Waals surface area contributed by atoms with Crippen molar-refractivity contribution in [2.24, 2.45) is 0 Å². The molecule has 0 atom stereocenters. The third-order valence-electron chi connectivity index (χ3n) is 4.04. The molecule has 3 rings (SSSR count). The summed E-state index contributed by atoms with van der Waals surface area (Å²) in [6.45, 7) is 0. The van der Waals surface area contributed by atoms with E-state index in [1.165, 1.54) is 48.6 Å². The largest absolute Gasteiger partial charge is 0.322 e. The second-order valence-corrected chi connectivity index (χ2v) is 6.23. The molecular formula is C23H18FN3O3. The summed E-state index contributed by atoms with van der Waals surface area (Å²) in [7, 11) is 0. The molecule has 0 aliphatic rings. The van der Waals surface area contributed by atoms with Crippen molar-refractivity contribution in [2.75, 3.05) is 5.32 Å². The van der Waals surface area contributed by atoms with Crippen LogP contribution in [0, 0.1) is 5.82 Å². The fourth-order valence-corrected chi connectivity index (χ4v) is 2.48. The zero-order chi connectivity index (χ0) is 21.3. The molecule has 0 aliphatic heterocycles. The molecule has 7 heteroatoms. The maximum atomic E-state index is 12.8. The van der Waals surface area contributed by atoms with Crippen LogP contribution in [0.5, 0.6) is 0 Å². The Balaban J connectivity index is 1.50. The minimum absolute atomic E-state index is 0.256. The quantitative estimate of drug-likeness (QED) is 0.450. The van der Waals surface area contributed by atoms with Crippen LogP contribution in [0.15, 0.2) is 84.9 Å². The van der Waals surface area contributed by atoms with Gasteiger partial charge in [-0.2, -0.15) is 0 Å². The van der Waals surface area contributed by atoms with E-state index in [2.05, 4.69) is 16.2 Å². The van der Waals surface area contributed by atoms with Crippen LogP contribution in [-0.4, -0.2) is 17.7 Å². The molecule has 0 saturated heterocycles. The van der Waals surface area contributed by atoms with Crippen molar-refractivity contribution in [1.29, 1.82) is 0 Å². The molecule has 0 radical (unpaired) electrons. The maximum Gasteiger partial charge on any atom is 0.269 e. The summed E-state index contributed by atoms with van der Waals surface area (Å²) in [5.41, 5.74) is 6.56. The first kappa shape index (κ1) is 20.5. The van der Waals surface area contributed by atoms with Gasteiger partial charge in [0.15, 0.2) is 0 Å². The molecule has 150 valence electrons. The van der Waals surface area contributed by atoms with E-state index in [1.54, 1.807) is 36.4 Å². The standard InChI is InChI=1S/C23H18FN3O3/c24-19-11-6-16(7-12-19)8-15-21(28)26-27-23(30)18-9-13-20(14-10-18)25-22(29)17-4-2-1-3-5-17/h1-15H,(H,25,29)(H,26,28)(H,27,30)/b15-8+. The van der Waals surface area contributed by atoms with Gasteiger partial charge in [0.2, 0.25) is 0 Å². The van der Waals surface area contributed by atoms with Crippen LogP contribution in [0.2, 0.25) is 0 Å².